The van der Waals surface area contributed by atoms with Gasteiger partial charge in [0.25, 0.3) is 0 Å². The van der Waals surface area contributed by atoms with Crippen molar-refractivity contribution < 1.29 is 14.7 Å². The summed E-state index contributed by atoms with van der Waals surface area (Å²) in [6.07, 6.45) is 1.76. The van der Waals surface area contributed by atoms with Crippen LogP contribution in [-0.2, 0) is 9.59 Å². The fraction of sp³-hybridized carbons (Fsp3) is 0. The second-order valence-electron chi connectivity index (χ2n) is 5.09. The van der Waals surface area contributed by atoms with Crippen LogP contribution in [0.15, 0.2) is 72.8 Å². The minimum Gasteiger partial charge on any atom is -0.478 e. The number of aromatic nitrogens is 1. The number of aliphatic carboxylic acids is 1. The molecule has 5 nitrogen and oxygen atoms in total. The van der Waals surface area contributed by atoms with Crippen molar-refractivity contribution >= 4 is 28.3 Å². The van der Waals surface area contributed by atoms with E-state index in [0.29, 0.717) is 5.13 Å². The largest absolute Gasteiger partial charge is 0.478 e. The minimum absolute atomic E-state index is 0.415. The lowest BCUT2D eigenvalue weighted by molar-refractivity contribution is -0.131. The van der Waals surface area contributed by atoms with Crippen LogP contribution in [0.25, 0.3) is 21.7 Å². The fourth-order valence-electron chi connectivity index (χ4n) is 2.24. The van der Waals surface area contributed by atoms with Gasteiger partial charge in [0.15, 0.2) is 5.13 Å². The number of anilines is 1. The van der Waals surface area contributed by atoms with Crippen molar-refractivity contribution in [1.82, 2.24) is 4.98 Å². The Morgan fingerprint density at radius 2 is 1.52 bits per heavy atom. The molecular formula is C19H14N2O3S. The molecule has 0 saturated carbocycles. The van der Waals surface area contributed by atoms with E-state index in [1.54, 1.807) is 0 Å². The van der Waals surface area contributed by atoms with Crippen molar-refractivity contribution in [3.8, 4) is 21.7 Å². The van der Waals surface area contributed by atoms with Crippen molar-refractivity contribution in [2.24, 2.45) is 0 Å². The van der Waals surface area contributed by atoms with E-state index in [1.807, 2.05) is 60.7 Å². The average Bonchev–Trinajstić information content (AvgIpc) is 3.05. The van der Waals surface area contributed by atoms with Gasteiger partial charge >= 0.3 is 5.97 Å². The molecule has 2 aromatic carbocycles. The Hall–Kier alpha value is -3.25. The first kappa shape index (κ1) is 16.6. The highest BCUT2D eigenvalue weighted by Gasteiger charge is 2.15. The van der Waals surface area contributed by atoms with Gasteiger partial charge in [0.2, 0.25) is 5.91 Å². The van der Waals surface area contributed by atoms with E-state index in [0.717, 1.165) is 33.9 Å². The molecule has 2 N–H and O–H groups in total. The summed E-state index contributed by atoms with van der Waals surface area (Å²) in [6.45, 7) is 0. The first-order valence-corrected chi connectivity index (χ1v) is 8.29. The zero-order valence-corrected chi connectivity index (χ0v) is 13.9. The Morgan fingerprint density at radius 3 is 2.12 bits per heavy atom. The van der Waals surface area contributed by atoms with Crippen LogP contribution in [0.2, 0.25) is 0 Å². The third kappa shape index (κ3) is 4.19. The second-order valence-corrected chi connectivity index (χ2v) is 6.09. The lowest BCUT2D eigenvalue weighted by Gasteiger charge is -2.02. The molecule has 1 amide bonds. The zero-order chi connectivity index (χ0) is 17.6. The molecule has 0 radical (unpaired) electrons. The monoisotopic (exact) mass is 350 g/mol. The van der Waals surface area contributed by atoms with Crippen molar-refractivity contribution in [3.05, 3.63) is 72.8 Å². The van der Waals surface area contributed by atoms with E-state index in [2.05, 4.69) is 10.3 Å². The highest BCUT2D eigenvalue weighted by atomic mass is 32.1. The molecule has 0 fully saturated rings. The topological polar surface area (TPSA) is 79.3 Å². The van der Waals surface area contributed by atoms with Gasteiger partial charge in [0.1, 0.15) is 0 Å². The first-order valence-electron chi connectivity index (χ1n) is 7.47. The highest BCUT2D eigenvalue weighted by molar-refractivity contribution is 7.19. The molecule has 0 aliphatic rings. The molecular weight excluding hydrogens is 336 g/mol. The van der Waals surface area contributed by atoms with Gasteiger partial charge in [-0.25, -0.2) is 9.78 Å². The number of carboxylic acids is 1. The molecule has 1 heterocycles. The van der Waals surface area contributed by atoms with Crippen molar-refractivity contribution in [2.75, 3.05) is 5.32 Å². The predicted octanol–water partition coefficient (Wildman–Crippen LogP) is 4.06. The first-order chi connectivity index (χ1) is 12.1. The number of carbonyl (C=O) groups is 2. The van der Waals surface area contributed by atoms with Crippen LogP contribution in [0.4, 0.5) is 5.13 Å². The van der Waals surface area contributed by atoms with Gasteiger partial charge in [-0.3, -0.25) is 10.1 Å². The van der Waals surface area contributed by atoms with Gasteiger partial charge in [0, 0.05) is 17.7 Å². The number of nitrogens with zero attached hydrogens (tertiary/aromatic N) is 1. The van der Waals surface area contributed by atoms with Gasteiger partial charge in [-0.15, -0.1) is 0 Å². The number of carboxylic acid groups (broad SMARTS) is 1. The lowest BCUT2D eigenvalue weighted by Crippen LogP contribution is -2.08. The van der Waals surface area contributed by atoms with Crippen molar-refractivity contribution in [1.29, 1.82) is 0 Å². The molecule has 6 heteroatoms. The summed E-state index contributed by atoms with van der Waals surface area (Å²) in [6, 6.07) is 19.5. The van der Waals surface area contributed by atoms with E-state index < -0.39 is 11.9 Å². The number of benzene rings is 2. The van der Waals surface area contributed by atoms with Crippen molar-refractivity contribution in [2.45, 2.75) is 0 Å². The zero-order valence-electron chi connectivity index (χ0n) is 13.0. The summed E-state index contributed by atoms with van der Waals surface area (Å²) >= 11 is 1.35. The molecule has 0 spiro atoms. The van der Waals surface area contributed by atoms with Crippen LogP contribution in [0, 0.1) is 0 Å². The normalized spacial score (nSPS) is 10.7. The quantitative estimate of drug-likeness (QED) is 0.680. The van der Waals surface area contributed by atoms with E-state index >= 15 is 0 Å². The third-order valence-electron chi connectivity index (χ3n) is 3.32. The summed E-state index contributed by atoms with van der Waals surface area (Å²) in [5.74, 6) is -1.71. The van der Waals surface area contributed by atoms with Crippen LogP contribution in [0.3, 0.4) is 0 Å². The number of amides is 1. The Kier molecular flexibility index (Phi) is 5.01. The van der Waals surface area contributed by atoms with Gasteiger partial charge in [0.05, 0.1) is 10.6 Å². The smallest absolute Gasteiger partial charge is 0.328 e. The molecule has 0 bridgehead atoms. The molecule has 3 aromatic rings. The SMILES string of the molecule is O=C(O)/C=C\C(=O)Nc1nc(-c2ccccc2)c(-c2ccccc2)s1. The number of rotatable bonds is 5. The number of carbonyl (C=O) groups excluding carboxylic acids is 1. The summed E-state index contributed by atoms with van der Waals surface area (Å²) in [7, 11) is 0. The Balaban J connectivity index is 1.98. The van der Waals surface area contributed by atoms with Gasteiger partial charge in [-0.05, 0) is 5.56 Å². The van der Waals surface area contributed by atoms with Crippen LogP contribution in [0.1, 0.15) is 0 Å². The fourth-order valence-corrected chi connectivity index (χ4v) is 3.24. The summed E-state index contributed by atoms with van der Waals surface area (Å²) in [5.41, 5.74) is 2.72. The maximum Gasteiger partial charge on any atom is 0.328 e. The number of hydrogen-bond donors (Lipinski definition) is 2. The van der Waals surface area contributed by atoms with E-state index in [1.165, 1.54) is 11.3 Å². The minimum atomic E-state index is -1.18. The van der Waals surface area contributed by atoms with Gasteiger partial charge < -0.3 is 5.11 Å². The molecule has 0 aliphatic carbocycles. The number of nitrogens with one attached hydrogen (secondary N) is 1. The Morgan fingerprint density at radius 1 is 0.920 bits per heavy atom. The molecule has 0 atom stereocenters. The average molecular weight is 350 g/mol. The predicted molar refractivity (Wildman–Crippen MR) is 98.4 cm³/mol. The molecule has 0 aliphatic heterocycles. The Bertz CT molecular complexity index is 861. The lowest BCUT2D eigenvalue weighted by atomic mass is 10.1. The van der Waals surface area contributed by atoms with Crippen LogP contribution < -0.4 is 5.32 Å². The molecule has 124 valence electrons. The summed E-state index contributed by atoms with van der Waals surface area (Å²) in [4.78, 5) is 27.8. The van der Waals surface area contributed by atoms with E-state index in [9.17, 15) is 9.59 Å². The molecule has 0 unspecified atom stereocenters. The molecule has 1 aromatic heterocycles. The van der Waals surface area contributed by atoms with Crippen LogP contribution >= 0.6 is 11.3 Å². The third-order valence-corrected chi connectivity index (χ3v) is 4.34. The number of thiazole rings is 1. The molecule has 0 saturated heterocycles. The maximum absolute atomic E-state index is 11.8. The maximum atomic E-state index is 11.8. The van der Waals surface area contributed by atoms with Gasteiger partial charge in [-0.2, -0.15) is 0 Å². The molecule has 25 heavy (non-hydrogen) atoms. The summed E-state index contributed by atoms with van der Waals surface area (Å²) < 4.78 is 0. The highest BCUT2D eigenvalue weighted by Crippen LogP contribution is 2.38. The number of hydrogen-bond acceptors (Lipinski definition) is 4. The van der Waals surface area contributed by atoms with Crippen LogP contribution in [0.5, 0.6) is 0 Å². The Labute approximate surface area is 148 Å². The molecule has 3 rings (SSSR count). The van der Waals surface area contributed by atoms with Gasteiger partial charge in [-0.1, -0.05) is 72.0 Å². The van der Waals surface area contributed by atoms with E-state index in [-0.39, 0.29) is 0 Å². The standard InChI is InChI=1S/C19H14N2O3S/c22-15(11-12-16(23)24)20-19-21-17(13-7-3-1-4-8-13)18(25-19)14-9-5-2-6-10-14/h1-12H,(H,23,24)(H,20,21,22)/b12-11-. The van der Waals surface area contributed by atoms with Crippen LogP contribution in [-0.4, -0.2) is 22.0 Å². The second kappa shape index (κ2) is 7.55. The van der Waals surface area contributed by atoms with E-state index in [4.69, 9.17) is 5.11 Å². The summed E-state index contributed by atoms with van der Waals surface area (Å²) in [5, 5.41) is 11.6. The van der Waals surface area contributed by atoms with Crippen molar-refractivity contribution in [3.63, 3.8) is 0 Å².